The highest BCUT2D eigenvalue weighted by Gasteiger charge is 2.18. The van der Waals surface area contributed by atoms with Gasteiger partial charge in [-0.15, -0.1) is 0 Å². The fourth-order valence-corrected chi connectivity index (χ4v) is 2.54. The van der Waals surface area contributed by atoms with E-state index in [0.29, 0.717) is 38.2 Å². The summed E-state index contributed by atoms with van der Waals surface area (Å²) < 4.78 is 5.25. The number of amides is 1. The van der Waals surface area contributed by atoms with Crippen LogP contribution in [-0.4, -0.2) is 66.8 Å². The molecule has 1 aromatic carbocycles. The SMILES string of the molecule is O=C(CCNCc1ccc([N+](=O)[O-])c(CO)c1)NCCOCCC(=O)ON1OCCO1. The van der Waals surface area contributed by atoms with Crippen molar-refractivity contribution < 1.29 is 38.9 Å². The van der Waals surface area contributed by atoms with Crippen LogP contribution < -0.4 is 10.6 Å². The Morgan fingerprint density at radius 2 is 1.97 bits per heavy atom. The number of benzene rings is 1. The smallest absolute Gasteiger partial charge is 0.333 e. The second kappa shape index (κ2) is 13.6. The van der Waals surface area contributed by atoms with Crippen LogP contribution in [-0.2, 0) is 42.0 Å². The maximum atomic E-state index is 11.8. The summed E-state index contributed by atoms with van der Waals surface area (Å²) in [5.41, 5.74) is 0.886. The molecule has 172 valence electrons. The molecule has 1 aliphatic heterocycles. The van der Waals surface area contributed by atoms with E-state index < -0.39 is 17.5 Å². The van der Waals surface area contributed by atoms with Gasteiger partial charge in [0.05, 0.1) is 36.7 Å². The highest BCUT2D eigenvalue weighted by atomic mass is 17.2. The van der Waals surface area contributed by atoms with Gasteiger partial charge in [-0.25, -0.2) is 9.68 Å². The highest BCUT2D eigenvalue weighted by Crippen LogP contribution is 2.19. The minimum atomic E-state index is -0.559. The van der Waals surface area contributed by atoms with Crippen molar-refractivity contribution in [1.82, 2.24) is 16.0 Å². The largest absolute Gasteiger partial charge is 0.391 e. The zero-order chi connectivity index (χ0) is 22.5. The van der Waals surface area contributed by atoms with Gasteiger partial charge in [0, 0.05) is 32.1 Å². The predicted molar refractivity (Wildman–Crippen MR) is 104 cm³/mol. The van der Waals surface area contributed by atoms with Crippen molar-refractivity contribution in [2.45, 2.75) is 26.0 Å². The molecule has 13 heteroatoms. The third-order valence-electron chi connectivity index (χ3n) is 4.04. The number of nitro benzene ring substituents is 1. The van der Waals surface area contributed by atoms with Crippen molar-refractivity contribution in [2.24, 2.45) is 0 Å². The molecule has 0 unspecified atom stereocenters. The molecule has 31 heavy (non-hydrogen) atoms. The van der Waals surface area contributed by atoms with Crippen LogP contribution in [0.15, 0.2) is 18.2 Å². The topological polar surface area (TPSA) is 162 Å². The molecule has 1 amide bonds. The van der Waals surface area contributed by atoms with Gasteiger partial charge in [-0.1, -0.05) is 6.07 Å². The molecular formula is C18H26N4O9. The fraction of sp³-hybridized carbons (Fsp3) is 0.556. The maximum absolute atomic E-state index is 11.8. The van der Waals surface area contributed by atoms with Crippen LogP contribution in [0, 0.1) is 10.1 Å². The highest BCUT2D eigenvalue weighted by molar-refractivity contribution is 5.76. The molecular weight excluding hydrogens is 416 g/mol. The van der Waals surface area contributed by atoms with Crippen molar-refractivity contribution in [3.63, 3.8) is 0 Å². The summed E-state index contributed by atoms with van der Waals surface area (Å²) >= 11 is 0. The van der Waals surface area contributed by atoms with Crippen LogP contribution in [0.4, 0.5) is 5.69 Å². The molecule has 0 aromatic heterocycles. The number of carbonyl (C=O) groups excluding carboxylic acids is 2. The van der Waals surface area contributed by atoms with Crippen LogP contribution in [0.25, 0.3) is 0 Å². The van der Waals surface area contributed by atoms with Gasteiger partial charge in [-0.2, -0.15) is 0 Å². The van der Waals surface area contributed by atoms with E-state index in [1.807, 2.05) is 0 Å². The van der Waals surface area contributed by atoms with E-state index in [4.69, 9.17) is 19.2 Å². The molecule has 3 N–H and O–H groups in total. The molecule has 0 spiro atoms. The molecule has 1 saturated heterocycles. The Morgan fingerprint density at radius 1 is 1.19 bits per heavy atom. The van der Waals surface area contributed by atoms with Crippen LogP contribution in [0.1, 0.15) is 24.0 Å². The number of rotatable bonds is 14. The van der Waals surface area contributed by atoms with E-state index in [2.05, 4.69) is 10.6 Å². The number of nitro groups is 1. The van der Waals surface area contributed by atoms with E-state index in [9.17, 15) is 24.8 Å². The lowest BCUT2D eigenvalue weighted by Crippen LogP contribution is -2.30. The second-order valence-electron chi connectivity index (χ2n) is 6.37. The lowest BCUT2D eigenvalue weighted by Gasteiger charge is -2.10. The molecule has 1 fully saturated rings. The van der Waals surface area contributed by atoms with Gasteiger partial charge < -0.3 is 25.3 Å². The molecule has 13 nitrogen and oxygen atoms in total. The lowest BCUT2D eigenvalue weighted by atomic mass is 10.1. The Morgan fingerprint density at radius 3 is 2.68 bits per heavy atom. The summed E-state index contributed by atoms with van der Waals surface area (Å²) in [6, 6.07) is 4.51. The summed E-state index contributed by atoms with van der Waals surface area (Å²) in [4.78, 5) is 47.9. The minimum absolute atomic E-state index is 0.0156. The Hall–Kier alpha value is -2.68. The molecule has 1 aliphatic rings. The summed E-state index contributed by atoms with van der Waals surface area (Å²) in [5.74, 6) is -0.727. The van der Waals surface area contributed by atoms with Crippen LogP contribution in [0.5, 0.6) is 0 Å². The van der Waals surface area contributed by atoms with E-state index in [1.54, 1.807) is 12.1 Å². The van der Waals surface area contributed by atoms with E-state index in [1.165, 1.54) is 6.07 Å². The number of nitrogens with zero attached hydrogens (tertiary/aromatic N) is 2. The third kappa shape index (κ3) is 9.33. The first-order chi connectivity index (χ1) is 15.0. The number of hydrogen-bond acceptors (Lipinski definition) is 11. The summed E-state index contributed by atoms with van der Waals surface area (Å²) in [6.07, 6.45) is 0.254. The Labute approximate surface area is 178 Å². The molecule has 1 heterocycles. The van der Waals surface area contributed by atoms with Crippen molar-refractivity contribution in [1.29, 1.82) is 0 Å². The van der Waals surface area contributed by atoms with Crippen molar-refractivity contribution in [3.8, 4) is 0 Å². The quantitative estimate of drug-likeness (QED) is 0.197. The molecule has 0 aliphatic carbocycles. The zero-order valence-electron chi connectivity index (χ0n) is 16.9. The molecule has 0 radical (unpaired) electrons. The van der Waals surface area contributed by atoms with Gasteiger partial charge in [0.25, 0.3) is 5.69 Å². The number of aliphatic hydroxyl groups is 1. The van der Waals surface area contributed by atoms with Crippen LogP contribution in [0.3, 0.4) is 0 Å². The van der Waals surface area contributed by atoms with Gasteiger partial charge in [-0.3, -0.25) is 19.7 Å². The summed E-state index contributed by atoms with van der Waals surface area (Å²) in [7, 11) is 0. The Bertz CT molecular complexity index is 741. The van der Waals surface area contributed by atoms with Gasteiger partial charge in [0.1, 0.15) is 18.6 Å². The van der Waals surface area contributed by atoms with Gasteiger partial charge in [0.15, 0.2) is 0 Å². The summed E-state index contributed by atoms with van der Waals surface area (Å²) in [6.45, 7) is 1.72. The molecule has 0 bridgehead atoms. The van der Waals surface area contributed by atoms with Gasteiger partial charge >= 0.3 is 5.97 Å². The zero-order valence-corrected chi connectivity index (χ0v) is 16.9. The molecule has 2 rings (SSSR count). The second-order valence-corrected chi connectivity index (χ2v) is 6.37. The van der Waals surface area contributed by atoms with Crippen molar-refractivity contribution >= 4 is 17.6 Å². The average Bonchev–Trinajstić information content (AvgIpc) is 3.26. The predicted octanol–water partition coefficient (Wildman–Crippen LogP) is -0.273. The minimum Gasteiger partial charge on any atom is -0.391 e. The number of ether oxygens (including phenoxy) is 1. The van der Waals surface area contributed by atoms with Crippen LogP contribution >= 0.6 is 0 Å². The number of carbonyl (C=O) groups is 2. The Kier molecular flexibility index (Phi) is 10.8. The van der Waals surface area contributed by atoms with Gasteiger partial charge in [0.2, 0.25) is 5.91 Å². The Balaban J connectivity index is 1.49. The van der Waals surface area contributed by atoms with Crippen molar-refractivity contribution in [2.75, 3.05) is 39.5 Å². The van der Waals surface area contributed by atoms with E-state index >= 15 is 0 Å². The van der Waals surface area contributed by atoms with Gasteiger partial charge in [-0.05, 0) is 11.6 Å². The standard InChI is InChI=1S/C18H26N4O9/c23-13-15-11-14(1-2-16(15)21(26)27)12-19-5-3-17(24)20-6-8-28-7-4-18(25)31-22-29-9-10-30-22/h1-2,11,19,23H,3-10,12-13H2,(H,20,24). The molecule has 0 saturated carbocycles. The monoisotopic (exact) mass is 442 g/mol. The van der Waals surface area contributed by atoms with Crippen LogP contribution in [0.2, 0.25) is 0 Å². The fourth-order valence-electron chi connectivity index (χ4n) is 2.54. The average molecular weight is 442 g/mol. The third-order valence-corrected chi connectivity index (χ3v) is 4.04. The molecule has 0 atom stereocenters. The first-order valence-electron chi connectivity index (χ1n) is 9.68. The number of hydrogen-bond donors (Lipinski definition) is 3. The first-order valence-corrected chi connectivity index (χ1v) is 9.68. The maximum Gasteiger partial charge on any atom is 0.333 e. The van der Waals surface area contributed by atoms with E-state index in [-0.39, 0.29) is 43.2 Å². The lowest BCUT2D eigenvalue weighted by molar-refractivity contribution is -0.460. The summed E-state index contributed by atoms with van der Waals surface area (Å²) in [5, 5.41) is 26.5. The number of nitrogens with one attached hydrogen (secondary N) is 2. The normalized spacial score (nSPS) is 13.8. The van der Waals surface area contributed by atoms with E-state index in [0.717, 1.165) is 5.56 Å². The van der Waals surface area contributed by atoms with Crippen molar-refractivity contribution in [3.05, 3.63) is 39.4 Å². The number of aliphatic hydroxyl groups excluding tert-OH is 1. The first kappa shape index (κ1) is 24.6. The molecule has 1 aromatic rings.